The molecule has 0 bridgehead atoms. The molecule has 0 spiro atoms. The first-order valence-corrected chi connectivity index (χ1v) is 15.7. The van der Waals surface area contributed by atoms with Crippen LogP contribution in [0.3, 0.4) is 0 Å². The molecule has 2 aromatic heterocycles. The monoisotopic (exact) mass is 694 g/mol. The van der Waals surface area contributed by atoms with Gasteiger partial charge in [0.1, 0.15) is 57.5 Å². The van der Waals surface area contributed by atoms with E-state index in [1.807, 2.05) is 0 Å². The zero-order chi connectivity index (χ0) is 37.4. The summed E-state index contributed by atoms with van der Waals surface area (Å²) < 4.78 is 20.2. The molecule has 266 valence electrons. The second-order valence-corrected chi connectivity index (χ2v) is 11.6. The van der Waals surface area contributed by atoms with Gasteiger partial charge in [-0.15, -0.1) is 0 Å². The summed E-state index contributed by atoms with van der Waals surface area (Å²) in [5.41, 5.74) is -3.17. The minimum atomic E-state index is -1.53. The van der Waals surface area contributed by atoms with Gasteiger partial charge in [-0.25, -0.2) is 9.59 Å². The number of ketones is 4. The van der Waals surface area contributed by atoms with Crippen LogP contribution in [0.4, 0.5) is 0 Å². The Labute approximate surface area is 286 Å². The molecule has 50 heavy (non-hydrogen) atoms. The fourth-order valence-corrected chi connectivity index (χ4v) is 5.85. The van der Waals surface area contributed by atoms with Crippen LogP contribution in [0.5, 0.6) is 11.5 Å². The van der Waals surface area contributed by atoms with Crippen molar-refractivity contribution < 1.29 is 57.3 Å². The number of esters is 2. The summed E-state index contributed by atoms with van der Waals surface area (Å²) in [6, 6.07) is 7.75. The van der Waals surface area contributed by atoms with E-state index < -0.39 is 105 Å². The van der Waals surface area contributed by atoms with Gasteiger partial charge in [0, 0.05) is 36.8 Å². The second kappa shape index (κ2) is 16.6. The maximum atomic E-state index is 13.4. The van der Waals surface area contributed by atoms with Crippen molar-refractivity contribution in [3.05, 3.63) is 91.0 Å². The molecule has 4 atom stereocenters. The van der Waals surface area contributed by atoms with Crippen molar-refractivity contribution in [1.82, 2.24) is 0 Å². The molecule has 4 unspecified atom stereocenters. The quantitative estimate of drug-likeness (QED) is 0.123. The summed E-state index contributed by atoms with van der Waals surface area (Å²) in [7, 11) is 0. The van der Waals surface area contributed by atoms with Crippen molar-refractivity contribution >= 4 is 35.1 Å². The van der Waals surface area contributed by atoms with Gasteiger partial charge in [-0.05, 0) is 52.7 Å². The number of aromatic hydroxyl groups is 2. The molecule has 0 aliphatic carbocycles. The van der Waals surface area contributed by atoms with Crippen LogP contribution >= 0.6 is 0 Å². The van der Waals surface area contributed by atoms with E-state index in [1.165, 1.54) is 52.0 Å². The molecule has 3 rings (SSSR count). The number of hydrogen-bond donors (Lipinski definition) is 2. The predicted octanol–water partition coefficient (Wildman–Crippen LogP) is 3.87. The maximum Gasteiger partial charge on any atom is 0.350 e. The van der Waals surface area contributed by atoms with Crippen LogP contribution < -0.4 is 11.3 Å². The predicted molar refractivity (Wildman–Crippen MR) is 174 cm³/mol. The average molecular weight is 695 g/mol. The highest BCUT2D eigenvalue weighted by molar-refractivity contribution is 6.03. The van der Waals surface area contributed by atoms with Crippen molar-refractivity contribution in [1.29, 1.82) is 0 Å². The third-order valence-electron chi connectivity index (χ3n) is 8.03. The van der Waals surface area contributed by atoms with E-state index in [4.69, 9.17) is 18.3 Å². The largest absolute Gasteiger partial charge is 0.507 e. The van der Waals surface area contributed by atoms with E-state index in [2.05, 4.69) is 0 Å². The number of hydrogen-bond acceptors (Lipinski definition) is 14. The molecule has 2 N–H and O–H groups in total. The minimum Gasteiger partial charge on any atom is -0.507 e. The molecule has 0 aliphatic rings. The molecule has 14 heteroatoms. The zero-order valence-electron chi connectivity index (χ0n) is 28.4. The molecule has 0 fully saturated rings. The first-order valence-electron chi connectivity index (χ1n) is 15.7. The van der Waals surface area contributed by atoms with Gasteiger partial charge in [-0.3, -0.25) is 28.8 Å². The third-order valence-corrected chi connectivity index (χ3v) is 8.03. The van der Waals surface area contributed by atoms with E-state index in [1.54, 1.807) is 0 Å². The Morgan fingerprint density at radius 3 is 1.22 bits per heavy atom. The lowest BCUT2D eigenvalue weighted by Crippen LogP contribution is -2.33. The number of rotatable bonds is 16. The van der Waals surface area contributed by atoms with Crippen molar-refractivity contribution in [2.24, 2.45) is 11.8 Å². The lowest BCUT2D eigenvalue weighted by atomic mass is 9.76. The van der Waals surface area contributed by atoms with E-state index in [-0.39, 0.29) is 35.9 Å². The van der Waals surface area contributed by atoms with Gasteiger partial charge in [0.25, 0.3) is 0 Å². The summed E-state index contributed by atoms with van der Waals surface area (Å²) in [5, 5.41) is 20.7. The Hall–Kier alpha value is -5.66. The van der Waals surface area contributed by atoms with Gasteiger partial charge in [-0.1, -0.05) is 24.3 Å². The molecule has 2 heterocycles. The third kappa shape index (κ3) is 8.87. The van der Waals surface area contributed by atoms with Crippen LogP contribution in [0.15, 0.2) is 54.8 Å². The number of benzene rings is 1. The summed E-state index contributed by atoms with van der Waals surface area (Å²) in [5.74, 6) is -11.8. The Morgan fingerprint density at radius 2 is 0.960 bits per heavy atom. The molecule has 0 saturated heterocycles. The average Bonchev–Trinajstić information content (AvgIpc) is 2.99. The van der Waals surface area contributed by atoms with E-state index in [0.29, 0.717) is 0 Å². The number of aryl methyl sites for hydroxylation is 2. The van der Waals surface area contributed by atoms with E-state index in [0.717, 1.165) is 26.0 Å². The maximum absolute atomic E-state index is 13.4. The van der Waals surface area contributed by atoms with Gasteiger partial charge in [0.05, 0.1) is 13.2 Å². The molecule has 3 aromatic rings. The second-order valence-electron chi connectivity index (χ2n) is 11.6. The summed E-state index contributed by atoms with van der Waals surface area (Å²) >= 11 is 0. The van der Waals surface area contributed by atoms with Crippen LogP contribution in [-0.2, 0) is 28.7 Å². The lowest BCUT2D eigenvalue weighted by Gasteiger charge is -2.26. The lowest BCUT2D eigenvalue weighted by molar-refractivity contribution is -0.153. The SMILES string of the molecule is CCOC(=O)C(C(C)=O)C(CC(=O)c1c(O)cc(C)oc1=O)c1ccc(C(CC(=O)c2c(O)cc(C)oc2=O)C(C(C)=O)C(=O)OCC)cc1. The number of ether oxygens (including phenoxy) is 2. The van der Waals surface area contributed by atoms with Crippen LogP contribution in [0.25, 0.3) is 0 Å². The number of carbonyl (C=O) groups is 6. The topological polar surface area (TPSA) is 222 Å². The number of Topliss-reactive ketones (excluding diaryl/α,β-unsaturated/α-hetero) is 4. The van der Waals surface area contributed by atoms with Gasteiger partial charge in [0.15, 0.2) is 11.6 Å². The van der Waals surface area contributed by atoms with Crippen molar-refractivity contribution in [3.63, 3.8) is 0 Å². The molecule has 0 aliphatic heterocycles. The summed E-state index contributed by atoms with van der Waals surface area (Å²) in [6.07, 6.45) is -1.26. The first kappa shape index (κ1) is 38.8. The summed E-state index contributed by atoms with van der Waals surface area (Å²) in [4.78, 5) is 104. The minimum absolute atomic E-state index is 0.0440. The van der Waals surface area contributed by atoms with Crippen LogP contribution in [0.2, 0.25) is 0 Å². The highest BCUT2D eigenvalue weighted by atomic mass is 16.5. The normalized spacial score (nSPS) is 13.4. The van der Waals surface area contributed by atoms with Crippen LogP contribution in [0.1, 0.15) is 95.7 Å². The standard InChI is InChI=1S/C36H38O14/c1-7-47-33(43)29(19(5)37)23(15-27(41)31-25(39)13-17(3)49-35(31)45)21-9-11-22(12-10-21)24(30(20(6)38)34(44)48-8-2)16-28(42)32-26(40)14-18(4)50-36(32)46/h9-14,23-24,29-30,39-40H,7-8,15-16H2,1-6H3. The Morgan fingerprint density at radius 1 is 0.640 bits per heavy atom. The van der Waals surface area contributed by atoms with Crippen molar-refractivity contribution in [3.8, 4) is 11.5 Å². The molecule has 0 radical (unpaired) electrons. The smallest absolute Gasteiger partial charge is 0.350 e. The number of carbonyl (C=O) groups excluding carboxylic acids is 6. The van der Waals surface area contributed by atoms with Crippen molar-refractivity contribution in [2.75, 3.05) is 13.2 Å². The van der Waals surface area contributed by atoms with Crippen molar-refractivity contribution in [2.45, 2.75) is 66.2 Å². The molecule has 0 amide bonds. The summed E-state index contributed by atoms with van der Waals surface area (Å²) in [6.45, 7) is 7.91. The Bertz CT molecular complexity index is 1780. The fourth-order valence-electron chi connectivity index (χ4n) is 5.85. The van der Waals surface area contributed by atoms with Gasteiger partial charge in [0.2, 0.25) is 0 Å². The molecular weight excluding hydrogens is 656 g/mol. The van der Waals surface area contributed by atoms with Gasteiger partial charge >= 0.3 is 23.2 Å². The molecular formula is C36H38O14. The highest BCUT2D eigenvalue weighted by Gasteiger charge is 2.39. The molecule has 14 nitrogen and oxygen atoms in total. The zero-order valence-corrected chi connectivity index (χ0v) is 28.4. The van der Waals surface area contributed by atoms with E-state index >= 15 is 0 Å². The highest BCUT2D eigenvalue weighted by Crippen LogP contribution is 2.37. The van der Waals surface area contributed by atoms with E-state index in [9.17, 15) is 48.6 Å². The van der Waals surface area contributed by atoms with Crippen LogP contribution in [-0.4, -0.2) is 58.5 Å². The van der Waals surface area contributed by atoms with Gasteiger partial charge in [-0.2, -0.15) is 0 Å². The molecule has 0 saturated carbocycles. The Kier molecular flexibility index (Phi) is 12.9. The van der Waals surface area contributed by atoms with Gasteiger partial charge < -0.3 is 28.5 Å². The Balaban J connectivity index is 2.17. The van der Waals surface area contributed by atoms with Crippen LogP contribution in [0, 0.1) is 25.7 Å². The molecule has 1 aromatic carbocycles. The first-order chi connectivity index (χ1) is 23.5. The fraction of sp³-hybridized carbons (Fsp3) is 0.389.